The standard InChI is InChI=1S/C24H33N9O/c1-3-18(2)30-24(34)32-12-10-31(11-13-32)20(6-4-5-8-25)16-33-15-19(14-29-33)22-21-7-9-26-23(21)28-17-27-22/h7,9,14-15,17-18,20H,3-6,10-13,16H2,1-2H3,(H,30,34)(H,26,27,28)/t18-,20-/m0/s1. The van der Waals surface area contributed by atoms with Crippen molar-refractivity contribution in [3.63, 3.8) is 0 Å². The van der Waals surface area contributed by atoms with Crippen LogP contribution in [0.4, 0.5) is 4.79 Å². The molecule has 10 heteroatoms. The van der Waals surface area contributed by atoms with Crippen molar-refractivity contribution in [3.05, 3.63) is 31.0 Å². The van der Waals surface area contributed by atoms with Crippen LogP contribution in [-0.2, 0) is 6.54 Å². The Labute approximate surface area is 200 Å². The highest BCUT2D eigenvalue weighted by Crippen LogP contribution is 2.24. The molecule has 34 heavy (non-hydrogen) atoms. The minimum absolute atomic E-state index is 0.0210. The summed E-state index contributed by atoms with van der Waals surface area (Å²) in [5, 5.41) is 17.7. The van der Waals surface area contributed by atoms with Gasteiger partial charge in [-0.15, -0.1) is 0 Å². The lowest BCUT2D eigenvalue weighted by Gasteiger charge is -2.39. The number of amides is 2. The van der Waals surface area contributed by atoms with E-state index in [0.29, 0.717) is 19.5 Å². The summed E-state index contributed by atoms with van der Waals surface area (Å²) in [4.78, 5) is 28.7. The number of aromatic amines is 1. The van der Waals surface area contributed by atoms with Gasteiger partial charge in [-0.05, 0) is 32.3 Å². The van der Waals surface area contributed by atoms with E-state index in [9.17, 15) is 4.79 Å². The van der Waals surface area contributed by atoms with Crippen LogP contribution in [0.3, 0.4) is 0 Å². The molecule has 2 atom stereocenters. The van der Waals surface area contributed by atoms with Gasteiger partial charge >= 0.3 is 6.03 Å². The lowest BCUT2D eigenvalue weighted by molar-refractivity contribution is 0.0927. The lowest BCUT2D eigenvalue weighted by atomic mass is 10.1. The molecule has 1 aliphatic heterocycles. The van der Waals surface area contributed by atoms with Gasteiger partial charge in [0.25, 0.3) is 0 Å². The van der Waals surface area contributed by atoms with E-state index in [-0.39, 0.29) is 18.1 Å². The van der Waals surface area contributed by atoms with E-state index in [4.69, 9.17) is 5.26 Å². The fraction of sp³-hybridized carbons (Fsp3) is 0.542. The first-order chi connectivity index (χ1) is 16.6. The molecule has 0 aromatic carbocycles. The highest BCUT2D eigenvalue weighted by molar-refractivity contribution is 5.89. The van der Waals surface area contributed by atoms with E-state index in [1.807, 2.05) is 41.2 Å². The molecule has 3 aromatic heterocycles. The summed E-state index contributed by atoms with van der Waals surface area (Å²) in [5.41, 5.74) is 2.62. The molecule has 0 aliphatic carbocycles. The van der Waals surface area contributed by atoms with Gasteiger partial charge in [0.1, 0.15) is 12.0 Å². The van der Waals surface area contributed by atoms with E-state index in [0.717, 1.165) is 61.2 Å². The second-order valence-corrected chi connectivity index (χ2v) is 8.90. The highest BCUT2D eigenvalue weighted by Gasteiger charge is 2.27. The molecule has 3 aromatic rings. The monoisotopic (exact) mass is 463 g/mol. The Morgan fingerprint density at radius 3 is 2.88 bits per heavy atom. The molecule has 10 nitrogen and oxygen atoms in total. The number of piperazine rings is 1. The summed E-state index contributed by atoms with van der Waals surface area (Å²) < 4.78 is 1.97. The zero-order valence-corrected chi connectivity index (χ0v) is 19.9. The van der Waals surface area contributed by atoms with Gasteiger partial charge in [0.2, 0.25) is 0 Å². The number of fused-ring (bicyclic) bond motifs is 1. The maximum atomic E-state index is 12.5. The van der Waals surface area contributed by atoms with E-state index in [1.165, 1.54) is 0 Å². The van der Waals surface area contributed by atoms with Gasteiger partial charge < -0.3 is 15.2 Å². The third-order valence-electron chi connectivity index (χ3n) is 6.58. The number of nitriles is 1. The number of rotatable bonds is 9. The number of carbonyl (C=O) groups is 1. The van der Waals surface area contributed by atoms with Crippen molar-refractivity contribution in [3.8, 4) is 17.3 Å². The minimum Gasteiger partial charge on any atom is -0.346 e. The maximum Gasteiger partial charge on any atom is 0.317 e. The molecule has 0 saturated carbocycles. The summed E-state index contributed by atoms with van der Waals surface area (Å²) in [5.74, 6) is 0. The van der Waals surface area contributed by atoms with Crippen molar-refractivity contribution in [1.29, 1.82) is 5.26 Å². The van der Waals surface area contributed by atoms with Gasteiger partial charge in [0, 0.05) is 68.0 Å². The first-order valence-electron chi connectivity index (χ1n) is 12.1. The fourth-order valence-electron chi connectivity index (χ4n) is 4.40. The van der Waals surface area contributed by atoms with Gasteiger partial charge in [-0.3, -0.25) is 9.58 Å². The van der Waals surface area contributed by atoms with E-state index in [2.05, 4.69) is 43.3 Å². The van der Waals surface area contributed by atoms with E-state index < -0.39 is 0 Å². The average molecular weight is 464 g/mol. The maximum absolute atomic E-state index is 12.5. The van der Waals surface area contributed by atoms with E-state index in [1.54, 1.807) is 6.33 Å². The third kappa shape index (κ3) is 5.54. The van der Waals surface area contributed by atoms with Crippen LogP contribution in [0.1, 0.15) is 39.5 Å². The molecule has 4 rings (SSSR count). The molecule has 0 spiro atoms. The zero-order valence-electron chi connectivity index (χ0n) is 19.9. The molecule has 4 heterocycles. The fourth-order valence-corrected chi connectivity index (χ4v) is 4.40. The molecule has 2 amide bonds. The van der Waals surface area contributed by atoms with Gasteiger partial charge in [0.15, 0.2) is 0 Å². The number of hydrogen-bond acceptors (Lipinski definition) is 6. The average Bonchev–Trinajstić information content (AvgIpc) is 3.53. The van der Waals surface area contributed by atoms with Gasteiger partial charge in [0.05, 0.1) is 24.5 Å². The van der Waals surface area contributed by atoms with Crippen LogP contribution >= 0.6 is 0 Å². The number of carbonyl (C=O) groups excluding carboxylic acids is 1. The molecule has 180 valence electrons. The number of aromatic nitrogens is 5. The molecule has 1 aliphatic rings. The molecule has 1 fully saturated rings. The summed E-state index contributed by atoms with van der Waals surface area (Å²) in [6.07, 6.45) is 10.5. The number of hydrogen-bond donors (Lipinski definition) is 2. The van der Waals surface area contributed by atoms with Gasteiger partial charge in [-0.1, -0.05) is 6.92 Å². The number of nitrogens with zero attached hydrogens (tertiary/aromatic N) is 7. The van der Waals surface area contributed by atoms with Crippen LogP contribution in [0.15, 0.2) is 31.0 Å². The van der Waals surface area contributed by atoms with Crippen molar-refractivity contribution in [1.82, 2.24) is 39.8 Å². The Bertz CT molecular complexity index is 1120. The summed E-state index contributed by atoms with van der Waals surface area (Å²) in [7, 11) is 0. The second kappa shape index (κ2) is 11.1. The van der Waals surface area contributed by atoms with Crippen LogP contribution in [0.2, 0.25) is 0 Å². The molecule has 1 saturated heterocycles. The quantitative estimate of drug-likeness (QED) is 0.471. The van der Waals surface area contributed by atoms with Crippen LogP contribution < -0.4 is 5.32 Å². The van der Waals surface area contributed by atoms with Crippen molar-refractivity contribution in [2.75, 3.05) is 26.2 Å². The van der Waals surface area contributed by atoms with Crippen LogP contribution in [-0.4, -0.2) is 78.8 Å². The van der Waals surface area contributed by atoms with E-state index >= 15 is 0 Å². The predicted octanol–water partition coefficient (Wildman–Crippen LogP) is 3.01. The predicted molar refractivity (Wildman–Crippen MR) is 130 cm³/mol. The summed E-state index contributed by atoms with van der Waals surface area (Å²) in [6, 6.07) is 4.68. The Hall–Kier alpha value is -3.45. The largest absolute Gasteiger partial charge is 0.346 e. The van der Waals surface area contributed by atoms with Crippen molar-refractivity contribution in [2.45, 2.75) is 58.2 Å². The molecule has 0 radical (unpaired) electrons. The highest BCUT2D eigenvalue weighted by atomic mass is 16.2. The SMILES string of the molecule is CC[C@H](C)NC(=O)N1CCN([C@@H](CCCC#N)Cn2cc(-c3ncnc4[nH]ccc34)cn2)CC1. The first-order valence-corrected chi connectivity index (χ1v) is 12.1. The van der Waals surface area contributed by atoms with Gasteiger partial charge in [-0.2, -0.15) is 10.4 Å². The summed E-state index contributed by atoms with van der Waals surface area (Å²) in [6.45, 7) is 7.86. The summed E-state index contributed by atoms with van der Waals surface area (Å²) >= 11 is 0. The Morgan fingerprint density at radius 1 is 1.29 bits per heavy atom. The van der Waals surface area contributed by atoms with Crippen LogP contribution in [0.25, 0.3) is 22.3 Å². The van der Waals surface area contributed by atoms with Crippen molar-refractivity contribution in [2.24, 2.45) is 0 Å². The molecule has 0 bridgehead atoms. The number of urea groups is 1. The molecule has 0 unspecified atom stereocenters. The molecular formula is C24H33N9O. The number of H-pyrrole nitrogens is 1. The van der Waals surface area contributed by atoms with Crippen molar-refractivity contribution < 1.29 is 4.79 Å². The topological polar surface area (TPSA) is 119 Å². The van der Waals surface area contributed by atoms with Gasteiger partial charge in [-0.25, -0.2) is 14.8 Å². The zero-order chi connectivity index (χ0) is 23.9. The lowest BCUT2D eigenvalue weighted by Crippen LogP contribution is -2.55. The Kier molecular flexibility index (Phi) is 7.75. The molecular weight excluding hydrogens is 430 g/mol. The third-order valence-corrected chi connectivity index (χ3v) is 6.58. The van der Waals surface area contributed by atoms with Crippen molar-refractivity contribution >= 4 is 17.1 Å². The second-order valence-electron chi connectivity index (χ2n) is 8.90. The Morgan fingerprint density at radius 2 is 2.12 bits per heavy atom. The normalized spacial score (nSPS) is 16.3. The minimum atomic E-state index is 0.0210. The number of unbranched alkanes of at least 4 members (excludes halogenated alkanes) is 1. The Balaban J connectivity index is 1.42. The number of nitrogens with one attached hydrogen (secondary N) is 2. The smallest absolute Gasteiger partial charge is 0.317 e. The molecule has 2 N–H and O–H groups in total. The van der Waals surface area contributed by atoms with Crippen LogP contribution in [0, 0.1) is 11.3 Å². The van der Waals surface area contributed by atoms with Crippen LogP contribution in [0.5, 0.6) is 0 Å². The first kappa shape index (κ1) is 23.7.